The number of hydrogen-bond acceptors (Lipinski definition) is 2. The Kier molecular flexibility index (Phi) is 3.94. The molecule has 20 heavy (non-hydrogen) atoms. The van der Waals surface area contributed by atoms with E-state index < -0.39 is 11.7 Å². The Hall–Kier alpha value is -1.69. The van der Waals surface area contributed by atoms with E-state index in [9.17, 15) is 13.2 Å². The molecule has 0 saturated heterocycles. The van der Waals surface area contributed by atoms with Crippen LogP contribution in [0.4, 0.5) is 30.2 Å². The Morgan fingerprint density at radius 1 is 1.10 bits per heavy atom. The smallest absolute Gasteiger partial charge is 0.398 e. The monoisotopic (exact) mass is 344 g/mol. The topological polar surface area (TPSA) is 38.0 Å². The van der Waals surface area contributed by atoms with Gasteiger partial charge >= 0.3 is 6.18 Å². The molecule has 0 unspecified atom stereocenters. The highest BCUT2D eigenvalue weighted by molar-refractivity contribution is 9.10. The molecule has 106 valence electrons. The van der Waals surface area contributed by atoms with Gasteiger partial charge in [-0.2, -0.15) is 13.2 Å². The molecule has 0 aliphatic carbocycles. The van der Waals surface area contributed by atoms with Crippen LogP contribution in [0.1, 0.15) is 11.1 Å². The standard InChI is InChI=1S/C14H12BrF3N2/c1-8-2-3-9(15)6-13(8)20-10-4-5-12(19)11(7-10)14(16,17)18/h2-7,20H,19H2,1H3. The molecule has 0 fully saturated rings. The number of anilines is 3. The molecule has 0 atom stereocenters. The first-order valence-corrected chi connectivity index (χ1v) is 6.56. The molecule has 0 heterocycles. The van der Waals surface area contributed by atoms with Crippen LogP contribution in [0, 0.1) is 6.92 Å². The zero-order chi connectivity index (χ0) is 14.9. The number of rotatable bonds is 2. The second-order valence-electron chi connectivity index (χ2n) is 4.38. The van der Waals surface area contributed by atoms with Crippen LogP contribution >= 0.6 is 15.9 Å². The van der Waals surface area contributed by atoms with Gasteiger partial charge in [0.15, 0.2) is 0 Å². The fourth-order valence-corrected chi connectivity index (χ4v) is 2.13. The summed E-state index contributed by atoms with van der Waals surface area (Å²) in [5.74, 6) is 0. The molecular formula is C14H12BrF3N2. The number of nitrogens with two attached hydrogens (primary N) is 1. The van der Waals surface area contributed by atoms with Gasteiger partial charge in [-0.1, -0.05) is 22.0 Å². The molecule has 6 heteroatoms. The van der Waals surface area contributed by atoms with Gasteiger partial charge < -0.3 is 11.1 Å². The number of halogens is 4. The van der Waals surface area contributed by atoms with Crippen molar-refractivity contribution in [3.63, 3.8) is 0 Å². The van der Waals surface area contributed by atoms with Crippen LogP contribution < -0.4 is 11.1 Å². The molecule has 0 spiro atoms. The van der Waals surface area contributed by atoms with Crippen molar-refractivity contribution in [3.8, 4) is 0 Å². The molecule has 0 amide bonds. The zero-order valence-corrected chi connectivity index (χ0v) is 12.1. The zero-order valence-electron chi connectivity index (χ0n) is 10.6. The fourth-order valence-electron chi connectivity index (χ4n) is 1.76. The normalized spacial score (nSPS) is 11.4. The predicted octanol–water partition coefficient (Wildman–Crippen LogP) is 5.10. The van der Waals surface area contributed by atoms with Crippen LogP contribution in [-0.2, 0) is 6.18 Å². The van der Waals surface area contributed by atoms with Crippen LogP contribution in [0.3, 0.4) is 0 Å². The molecule has 2 aromatic carbocycles. The largest absolute Gasteiger partial charge is 0.418 e. The van der Waals surface area contributed by atoms with Crippen LogP contribution in [0.25, 0.3) is 0 Å². The summed E-state index contributed by atoms with van der Waals surface area (Å²) in [6.45, 7) is 1.87. The maximum absolute atomic E-state index is 12.8. The summed E-state index contributed by atoms with van der Waals surface area (Å²) >= 11 is 3.33. The minimum atomic E-state index is -4.46. The average molecular weight is 345 g/mol. The minimum Gasteiger partial charge on any atom is -0.398 e. The molecule has 0 aliphatic rings. The molecule has 3 N–H and O–H groups in total. The number of nitrogen functional groups attached to an aromatic ring is 1. The lowest BCUT2D eigenvalue weighted by atomic mass is 10.1. The van der Waals surface area contributed by atoms with E-state index in [0.717, 1.165) is 21.8 Å². The summed E-state index contributed by atoms with van der Waals surface area (Å²) < 4.78 is 39.2. The highest BCUT2D eigenvalue weighted by Crippen LogP contribution is 2.36. The fraction of sp³-hybridized carbons (Fsp3) is 0.143. The Balaban J connectivity index is 2.37. The first-order valence-electron chi connectivity index (χ1n) is 5.77. The molecule has 2 rings (SSSR count). The Morgan fingerprint density at radius 3 is 2.45 bits per heavy atom. The van der Waals surface area contributed by atoms with Gasteiger partial charge in [-0.05, 0) is 42.8 Å². The van der Waals surface area contributed by atoms with E-state index in [0.29, 0.717) is 5.69 Å². The van der Waals surface area contributed by atoms with E-state index >= 15 is 0 Å². The Morgan fingerprint density at radius 2 is 1.80 bits per heavy atom. The van der Waals surface area contributed by atoms with Crippen LogP contribution in [0.2, 0.25) is 0 Å². The number of benzene rings is 2. The van der Waals surface area contributed by atoms with Crippen LogP contribution in [-0.4, -0.2) is 0 Å². The highest BCUT2D eigenvalue weighted by Gasteiger charge is 2.33. The quantitative estimate of drug-likeness (QED) is 0.743. The molecule has 0 saturated carbocycles. The number of alkyl halides is 3. The minimum absolute atomic E-state index is 0.283. The first kappa shape index (κ1) is 14.7. The molecule has 2 nitrogen and oxygen atoms in total. The highest BCUT2D eigenvalue weighted by atomic mass is 79.9. The van der Waals surface area contributed by atoms with E-state index in [1.807, 2.05) is 19.1 Å². The number of aryl methyl sites for hydroxylation is 1. The molecule has 0 aliphatic heterocycles. The number of nitrogens with one attached hydrogen (secondary N) is 1. The first-order chi connectivity index (χ1) is 9.27. The lowest BCUT2D eigenvalue weighted by Crippen LogP contribution is -2.09. The van der Waals surface area contributed by atoms with E-state index in [4.69, 9.17) is 5.73 Å². The summed E-state index contributed by atoms with van der Waals surface area (Å²) in [5, 5.41) is 2.97. The van der Waals surface area contributed by atoms with Gasteiger partial charge in [0.2, 0.25) is 0 Å². The number of hydrogen-bond donors (Lipinski definition) is 2. The Bertz CT molecular complexity index is 639. The third-order valence-corrected chi connectivity index (χ3v) is 3.33. The molecule has 0 radical (unpaired) electrons. The summed E-state index contributed by atoms with van der Waals surface area (Å²) in [4.78, 5) is 0. The molecule has 2 aromatic rings. The van der Waals surface area contributed by atoms with Crippen LogP contribution in [0.5, 0.6) is 0 Å². The van der Waals surface area contributed by atoms with Crippen molar-refractivity contribution in [1.82, 2.24) is 0 Å². The third-order valence-electron chi connectivity index (χ3n) is 2.84. The SMILES string of the molecule is Cc1ccc(Br)cc1Nc1ccc(N)c(C(F)(F)F)c1. The summed E-state index contributed by atoms with van der Waals surface area (Å²) in [6, 6.07) is 9.32. The second-order valence-corrected chi connectivity index (χ2v) is 5.30. The van der Waals surface area contributed by atoms with Gasteiger partial charge in [0.1, 0.15) is 0 Å². The molecule has 0 aromatic heterocycles. The van der Waals surface area contributed by atoms with Crippen molar-refractivity contribution < 1.29 is 13.2 Å². The summed E-state index contributed by atoms with van der Waals surface area (Å²) in [5.41, 5.74) is 6.25. The maximum atomic E-state index is 12.8. The van der Waals surface area contributed by atoms with Gasteiger partial charge in [0.05, 0.1) is 5.56 Å². The van der Waals surface area contributed by atoms with Gasteiger partial charge in [0, 0.05) is 21.5 Å². The van der Waals surface area contributed by atoms with Crippen molar-refractivity contribution in [3.05, 3.63) is 52.0 Å². The molecular weight excluding hydrogens is 333 g/mol. The predicted molar refractivity (Wildman–Crippen MR) is 78.0 cm³/mol. The van der Waals surface area contributed by atoms with Gasteiger partial charge in [-0.3, -0.25) is 0 Å². The summed E-state index contributed by atoms with van der Waals surface area (Å²) in [6.07, 6.45) is -4.46. The lowest BCUT2D eigenvalue weighted by Gasteiger charge is -2.14. The van der Waals surface area contributed by atoms with Crippen LogP contribution in [0.15, 0.2) is 40.9 Å². The van der Waals surface area contributed by atoms with Gasteiger partial charge in [-0.15, -0.1) is 0 Å². The van der Waals surface area contributed by atoms with E-state index in [1.54, 1.807) is 6.07 Å². The van der Waals surface area contributed by atoms with Crippen molar-refractivity contribution in [2.75, 3.05) is 11.1 Å². The van der Waals surface area contributed by atoms with Crippen molar-refractivity contribution in [1.29, 1.82) is 0 Å². The van der Waals surface area contributed by atoms with E-state index in [-0.39, 0.29) is 5.69 Å². The molecule has 0 bridgehead atoms. The summed E-state index contributed by atoms with van der Waals surface area (Å²) in [7, 11) is 0. The second kappa shape index (κ2) is 5.36. The van der Waals surface area contributed by atoms with E-state index in [2.05, 4.69) is 21.2 Å². The lowest BCUT2D eigenvalue weighted by molar-refractivity contribution is -0.136. The Labute approximate surface area is 122 Å². The van der Waals surface area contributed by atoms with Crippen molar-refractivity contribution in [2.45, 2.75) is 13.1 Å². The maximum Gasteiger partial charge on any atom is 0.418 e. The van der Waals surface area contributed by atoms with Crippen molar-refractivity contribution >= 4 is 33.0 Å². The average Bonchev–Trinajstić information content (AvgIpc) is 2.35. The third kappa shape index (κ3) is 3.25. The van der Waals surface area contributed by atoms with Gasteiger partial charge in [-0.25, -0.2) is 0 Å². The van der Waals surface area contributed by atoms with Crippen molar-refractivity contribution in [2.24, 2.45) is 0 Å². The van der Waals surface area contributed by atoms with E-state index in [1.165, 1.54) is 12.1 Å². The van der Waals surface area contributed by atoms with Gasteiger partial charge in [0.25, 0.3) is 0 Å².